The van der Waals surface area contributed by atoms with Gasteiger partial charge in [-0.05, 0) is 130 Å². The fourth-order valence-electron chi connectivity index (χ4n) is 12.3. The SMILES string of the molecule is Nc1cccc2c1CN(C13CC4CC(CC(C4)C1)C3)C2=O.O=C1c2ccccc2CN1C12CC3CC(CC(O)(C3)C1)C2. The van der Waals surface area contributed by atoms with E-state index in [1.165, 1.54) is 44.9 Å². The quantitative estimate of drug-likeness (QED) is 0.443. The summed E-state index contributed by atoms with van der Waals surface area (Å²) in [5.74, 6) is 4.26. The van der Waals surface area contributed by atoms with E-state index in [9.17, 15) is 14.7 Å². The maximum Gasteiger partial charge on any atom is 0.255 e. The summed E-state index contributed by atoms with van der Waals surface area (Å²) in [6.07, 6.45) is 14.1. The van der Waals surface area contributed by atoms with Crippen LogP contribution >= 0.6 is 0 Å². The van der Waals surface area contributed by atoms with E-state index in [-0.39, 0.29) is 22.9 Å². The van der Waals surface area contributed by atoms with Crippen LogP contribution in [-0.4, -0.2) is 43.4 Å². The first-order chi connectivity index (χ1) is 20.2. The van der Waals surface area contributed by atoms with E-state index in [1.807, 2.05) is 36.4 Å². The predicted octanol–water partition coefficient (Wildman–Crippen LogP) is 5.92. The number of hydrogen-bond donors (Lipinski definition) is 2. The first-order valence-corrected chi connectivity index (χ1v) is 16.5. The number of carbonyl (C=O) groups excluding carboxylic acids is 2. The molecule has 10 aliphatic rings. The molecule has 2 aliphatic heterocycles. The molecule has 8 aliphatic carbocycles. The zero-order valence-electron chi connectivity index (χ0n) is 24.6. The highest BCUT2D eigenvalue weighted by Crippen LogP contribution is 2.61. The molecule has 2 heterocycles. The summed E-state index contributed by atoms with van der Waals surface area (Å²) in [6.45, 7) is 1.48. The van der Waals surface area contributed by atoms with E-state index < -0.39 is 5.60 Å². The predicted molar refractivity (Wildman–Crippen MR) is 160 cm³/mol. The van der Waals surface area contributed by atoms with Crippen molar-refractivity contribution in [3.8, 4) is 0 Å². The minimum absolute atomic E-state index is 0.0745. The first kappa shape index (κ1) is 25.6. The Labute approximate surface area is 248 Å². The van der Waals surface area contributed by atoms with E-state index >= 15 is 0 Å². The van der Waals surface area contributed by atoms with Crippen LogP contribution < -0.4 is 5.73 Å². The summed E-state index contributed by atoms with van der Waals surface area (Å²) in [6, 6.07) is 13.8. The highest BCUT2D eigenvalue weighted by molar-refractivity contribution is 6.00. The number of rotatable bonds is 2. The van der Waals surface area contributed by atoms with Crippen molar-refractivity contribution in [3.63, 3.8) is 0 Å². The number of hydrogen-bond acceptors (Lipinski definition) is 4. The van der Waals surface area contributed by atoms with Gasteiger partial charge in [-0.2, -0.15) is 0 Å². The average molecular weight is 566 g/mol. The second-order valence-electron chi connectivity index (χ2n) is 15.9. The van der Waals surface area contributed by atoms with Crippen LogP contribution in [0.5, 0.6) is 0 Å². The van der Waals surface area contributed by atoms with Crippen LogP contribution in [0.25, 0.3) is 0 Å². The third-order valence-corrected chi connectivity index (χ3v) is 13.0. The second-order valence-corrected chi connectivity index (χ2v) is 15.9. The molecule has 0 spiro atoms. The normalized spacial score (nSPS) is 41.7. The molecule has 0 radical (unpaired) electrons. The van der Waals surface area contributed by atoms with Crippen LogP contribution in [0.2, 0.25) is 0 Å². The van der Waals surface area contributed by atoms with Gasteiger partial charge in [0, 0.05) is 46.5 Å². The smallest absolute Gasteiger partial charge is 0.255 e. The lowest BCUT2D eigenvalue weighted by Crippen LogP contribution is -2.65. The van der Waals surface area contributed by atoms with Crippen LogP contribution in [0.3, 0.4) is 0 Å². The lowest BCUT2D eigenvalue weighted by molar-refractivity contribution is -0.167. The van der Waals surface area contributed by atoms with Gasteiger partial charge in [0.25, 0.3) is 11.8 Å². The highest BCUT2D eigenvalue weighted by atomic mass is 16.3. The largest absolute Gasteiger partial charge is 0.398 e. The van der Waals surface area contributed by atoms with Crippen LogP contribution in [0.4, 0.5) is 5.69 Å². The zero-order chi connectivity index (χ0) is 28.4. The molecular weight excluding hydrogens is 522 g/mol. The number of benzene rings is 2. The van der Waals surface area contributed by atoms with E-state index in [2.05, 4.69) is 15.9 Å². The number of carbonyl (C=O) groups is 2. The minimum atomic E-state index is -0.501. The maximum atomic E-state index is 12.9. The number of nitrogens with zero attached hydrogens (tertiary/aromatic N) is 2. The van der Waals surface area contributed by atoms with Gasteiger partial charge in [-0.1, -0.05) is 24.3 Å². The lowest BCUT2D eigenvalue weighted by atomic mass is 9.50. The molecule has 0 saturated heterocycles. The van der Waals surface area contributed by atoms with Gasteiger partial charge in [-0.3, -0.25) is 9.59 Å². The van der Waals surface area contributed by atoms with E-state index in [1.54, 1.807) is 0 Å². The van der Waals surface area contributed by atoms with Gasteiger partial charge < -0.3 is 20.6 Å². The molecule has 2 unspecified atom stereocenters. The Balaban J connectivity index is 0.000000119. The zero-order valence-corrected chi connectivity index (χ0v) is 24.6. The molecule has 2 amide bonds. The van der Waals surface area contributed by atoms with Crippen LogP contribution in [0.15, 0.2) is 42.5 Å². The average Bonchev–Trinajstić information content (AvgIpc) is 3.46. The number of fused-ring (bicyclic) bond motifs is 2. The molecule has 3 N–H and O–H groups in total. The molecule has 220 valence electrons. The van der Waals surface area contributed by atoms with Crippen molar-refractivity contribution < 1.29 is 14.7 Å². The van der Waals surface area contributed by atoms with E-state index in [0.717, 1.165) is 90.9 Å². The third-order valence-electron chi connectivity index (χ3n) is 13.0. The fraction of sp³-hybridized carbons (Fsp3) is 0.611. The molecule has 2 atom stereocenters. The van der Waals surface area contributed by atoms with Gasteiger partial charge in [0.05, 0.1) is 5.60 Å². The summed E-state index contributed by atoms with van der Waals surface area (Å²) in [7, 11) is 0. The maximum absolute atomic E-state index is 12.9. The molecule has 42 heavy (non-hydrogen) atoms. The highest BCUT2D eigenvalue weighted by Gasteiger charge is 2.61. The molecule has 6 heteroatoms. The Morgan fingerprint density at radius 2 is 1.19 bits per heavy atom. The number of anilines is 1. The van der Waals surface area contributed by atoms with Crippen LogP contribution in [-0.2, 0) is 13.1 Å². The van der Waals surface area contributed by atoms with E-state index in [0.29, 0.717) is 11.8 Å². The summed E-state index contributed by atoms with van der Waals surface area (Å²) in [4.78, 5) is 30.1. The standard InChI is InChI=1S/C18H22N2O.C18H21NO2/c19-16-3-1-2-14-15(16)10-20(17(14)21)18-7-11-4-12(8-18)6-13(5-11)9-18;20-16-15-4-2-1-3-14(15)10-19(16)17-6-12-5-13(7-17)9-18(21,8-12)11-17/h1-3,11-13H,4-10,19H2;1-4,12-13,21H,5-11H2. The first-order valence-electron chi connectivity index (χ1n) is 16.5. The monoisotopic (exact) mass is 565 g/mol. The number of nitrogen functional groups attached to an aromatic ring is 1. The Morgan fingerprint density at radius 3 is 1.81 bits per heavy atom. The molecule has 8 bridgehead atoms. The topological polar surface area (TPSA) is 86.9 Å². The van der Waals surface area contributed by atoms with Gasteiger partial charge in [0.2, 0.25) is 0 Å². The van der Waals surface area contributed by atoms with Crippen LogP contribution in [0.1, 0.15) is 109 Å². The Bertz CT molecular complexity index is 1450. The summed E-state index contributed by atoms with van der Waals surface area (Å²) >= 11 is 0. The summed E-state index contributed by atoms with van der Waals surface area (Å²) in [5.41, 5.74) is 10.4. The Kier molecular flexibility index (Phi) is 5.26. The van der Waals surface area contributed by atoms with Gasteiger partial charge in [0.15, 0.2) is 0 Å². The number of aliphatic hydroxyl groups is 1. The molecule has 8 fully saturated rings. The molecule has 2 aromatic rings. The molecule has 8 saturated carbocycles. The fourth-order valence-corrected chi connectivity index (χ4v) is 12.3. The minimum Gasteiger partial charge on any atom is -0.398 e. The van der Waals surface area contributed by atoms with E-state index in [4.69, 9.17) is 5.73 Å². The van der Waals surface area contributed by atoms with Crippen molar-refractivity contribution >= 4 is 17.5 Å². The summed E-state index contributed by atoms with van der Waals surface area (Å²) in [5, 5.41) is 10.9. The van der Waals surface area contributed by atoms with Gasteiger partial charge in [-0.15, -0.1) is 0 Å². The molecule has 0 aromatic heterocycles. The van der Waals surface area contributed by atoms with Crippen molar-refractivity contribution in [1.82, 2.24) is 9.80 Å². The molecule has 2 aromatic carbocycles. The number of nitrogens with two attached hydrogens (primary N) is 1. The van der Waals surface area contributed by atoms with Gasteiger partial charge >= 0.3 is 0 Å². The second kappa shape index (κ2) is 8.62. The Morgan fingerprint density at radius 1 is 0.643 bits per heavy atom. The van der Waals surface area contributed by atoms with Crippen molar-refractivity contribution in [1.29, 1.82) is 0 Å². The number of amides is 2. The van der Waals surface area contributed by atoms with Crippen molar-refractivity contribution in [2.24, 2.45) is 29.6 Å². The van der Waals surface area contributed by atoms with Gasteiger partial charge in [0.1, 0.15) is 0 Å². The van der Waals surface area contributed by atoms with Crippen molar-refractivity contribution in [3.05, 3.63) is 64.7 Å². The molecule has 12 rings (SSSR count). The molecular formula is C36H43N3O3. The summed E-state index contributed by atoms with van der Waals surface area (Å²) < 4.78 is 0. The van der Waals surface area contributed by atoms with Gasteiger partial charge in [-0.25, -0.2) is 0 Å². The van der Waals surface area contributed by atoms with Crippen molar-refractivity contribution in [2.45, 2.75) is 107 Å². The molecule has 6 nitrogen and oxygen atoms in total. The third kappa shape index (κ3) is 3.66. The van der Waals surface area contributed by atoms with Crippen LogP contribution in [0, 0.1) is 29.6 Å². The van der Waals surface area contributed by atoms with Crippen molar-refractivity contribution in [2.75, 3.05) is 5.73 Å². The Hall–Kier alpha value is -2.86. The lowest BCUT2D eigenvalue weighted by Gasteiger charge is -2.62.